The fourth-order valence-corrected chi connectivity index (χ4v) is 2.64. The van der Waals surface area contributed by atoms with E-state index >= 15 is 0 Å². The number of carbonyl (C=O) groups excluding carboxylic acids is 1. The molecule has 1 aliphatic heterocycles. The van der Waals surface area contributed by atoms with Gasteiger partial charge in [-0.15, -0.1) is 13.2 Å². The molecule has 124 valence electrons. The van der Waals surface area contributed by atoms with E-state index in [1.807, 2.05) is 0 Å². The summed E-state index contributed by atoms with van der Waals surface area (Å²) in [4.78, 5) is 12.4. The largest absolute Gasteiger partial charge is 0.618 e. The molecule has 0 radical (unpaired) electrons. The van der Waals surface area contributed by atoms with Gasteiger partial charge in [0.1, 0.15) is 11.3 Å². The minimum atomic E-state index is -4.88. The summed E-state index contributed by atoms with van der Waals surface area (Å²) in [6, 6.07) is 7.07. The molecule has 2 aromatic rings. The summed E-state index contributed by atoms with van der Waals surface area (Å²) in [6.07, 6.45) is -4.88. The number of benzene rings is 2. The SMILES string of the molecule is O=C1C(c2cccc(OC(F)(F)F)c2)=[N+]([O-])c2cc(Cl)c(Cl)cc21. The third kappa shape index (κ3) is 2.92. The van der Waals surface area contributed by atoms with Gasteiger partial charge in [-0.3, -0.25) is 4.79 Å². The van der Waals surface area contributed by atoms with E-state index in [4.69, 9.17) is 23.2 Å². The van der Waals surface area contributed by atoms with E-state index in [2.05, 4.69) is 4.74 Å². The molecule has 0 bridgehead atoms. The summed E-state index contributed by atoms with van der Waals surface area (Å²) in [5, 5.41) is 12.5. The monoisotopic (exact) mass is 375 g/mol. The van der Waals surface area contributed by atoms with Gasteiger partial charge in [-0.25, -0.2) is 0 Å². The summed E-state index contributed by atoms with van der Waals surface area (Å²) >= 11 is 11.7. The maximum absolute atomic E-state index is 12.4. The molecule has 0 atom stereocenters. The number of halogens is 5. The summed E-state index contributed by atoms with van der Waals surface area (Å²) in [5.41, 5.74) is -0.348. The van der Waals surface area contributed by atoms with Crippen LogP contribution in [-0.2, 0) is 0 Å². The molecule has 0 spiro atoms. The molecule has 0 amide bonds. The van der Waals surface area contributed by atoms with Crippen LogP contribution >= 0.6 is 23.2 Å². The lowest BCUT2D eigenvalue weighted by atomic mass is 10.0. The van der Waals surface area contributed by atoms with Crippen molar-refractivity contribution < 1.29 is 27.4 Å². The maximum atomic E-state index is 12.4. The van der Waals surface area contributed by atoms with Gasteiger partial charge in [-0.05, 0) is 24.3 Å². The molecule has 0 saturated carbocycles. The highest BCUT2D eigenvalue weighted by Crippen LogP contribution is 2.35. The average Bonchev–Trinajstić information content (AvgIpc) is 2.70. The molecule has 1 aliphatic rings. The Morgan fingerprint density at radius 2 is 1.75 bits per heavy atom. The van der Waals surface area contributed by atoms with Crippen LogP contribution in [0.3, 0.4) is 0 Å². The van der Waals surface area contributed by atoms with Crippen LogP contribution in [0, 0.1) is 5.21 Å². The molecule has 0 aliphatic carbocycles. The molecule has 24 heavy (non-hydrogen) atoms. The zero-order valence-corrected chi connectivity index (χ0v) is 13.0. The van der Waals surface area contributed by atoms with Gasteiger partial charge < -0.3 is 9.94 Å². The lowest BCUT2D eigenvalue weighted by Crippen LogP contribution is -2.19. The maximum Gasteiger partial charge on any atom is 0.573 e. The Hall–Kier alpha value is -2.25. The Balaban J connectivity index is 2.08. The van der Waals surface area contributed by atoms with Gasteiger partial charge in [0.25, 0.3) is 11.5 Å². The Kier molecular flexibility index (Phi) is 3.93. The molecule has 0 fully saturated rings. The normalized spacial score (nSPS) is 14.1. The first kappa shape index (κ1) is 16.6. The fourth-order valence-electron chi connectivity index (χ4n) is 2.32. The number of ketones is 1. The number of alkyl halides is 3. The number of hydrogen-bond donors (Lipinski definition) is 0. The molecule has 1 heterocycles. The first-order valence-corrected chi connectivity index (χ1v) is 7.17. The third-order valence-electron chi connectivity index (χ3n) is 3.26. The van der Waals surface area contributed by atoms with Crippen LogP contribution in [0.2, 0.25) is 10.0 Å². The number of ether oxygens (including phenoxy) is 1. The quantitative estimate of drug-likeness (QED) is 0.563. The second-order valence-corrected chi connectivity index (χ2v) is 5.65. The zero-order chi connectivity index (χ0) is 17.6. The zero-order valence-electron chi connectivity index (χ0n) is 11.5. The number of rotatable bonds is 2. The first-order chi connectivity index (χ1) is 11.2. The molecule has 4 nitrogen and oxygen atoms in total. The van der Waals surface area contributed by atoms with Crippen LogP contribution in [0.1, 0.15) is 15.9 Å². The van der Waals surface area contributed by atoms with Gasteiger partial charge in [-0.1, -0.05) is 29.3 Å². The summed E-state index contributed by atoms with van der Waals surface area (Å²) in [7, 11) is 0. The highest BCUT2D eigenvalue weighted by molar-refractivity contribution is 6.53. The number of fused-ring (bicyclic) bond motifs is 1. The first-order valence-electron chi connectivity index (χ1n) is 6.41. The second kappa shape index (κ2) is 5.68. The Morgan fingerprint density at radius 3 is 2.42 bits per heavy atom. The third-order valence-corrected chi connectivity index (χ3v) is 3.98. The van der Waals surface area contributed by atoms with Crippen LogP contribution in [-0.4, -0.2) is 22.6 Å². The van der Waals surface area contributed by atoms with Crippen molar-refractivity contribution in [3.8, 4) is 5.75 Å². The Morgan fingerprint density at radius 1 is 1.08 bits per heavy atom. The van der Waals surface area contributed by atoms with Gasteiger partial charge in [0.15, 0.2) is 0 Å². The molecule has 0 N–H and O–H groups in total. The molecule has 0 aromatic heterocycles. The minimum absolute atomic E-state index is 0.0137. The van der Waals surface area contributed by atoms with Gasteiger partial charge in [0, 0.05) is 6.07 Å². The lowest BCUT2D eigenvalue weighted by molar-refractivity contribution is -0.355. The highest BCUT2D eigenvalue weighted by atomic mass is 35.5. The fraction of sp³-hybridized carbons (Fsp3) is 0.0667. The van der Waals surface area contributed by atoms with E-state index < -0.39 is 17.9 Å². The van der Waals surface area contributed by atoms with E-state index in [-0.39, 0.29) is 32.6 Å². The minimum Gasteiger partial charge on any atom is -0.618 e. The molecule has 3 rings (SSSR count). The predicted octanol–water partition coefficient (Wildman–Crippen LogP) is 4.72. The molecule has 2 aromatic carbocycles. The molecular formula is C15H6Cl2F3NO3. The van der Waals surface area contributed by atoms with Crippen LogP contribution in [0.4, 0.5) is 18.9 Å². The average molecular weight is 376 g/mol. The van der Waals surface area contributed by atoms with Crippen molar-refractivity contribution in [2.45, 2.75) is 6.36 Å². The summed E-state index contributed by atoms with van der Waals surface area (Å²) in [5.74, 6) is -1.21. The van der Waals surface area contributed by atoms with Crippen molar-refractivity contribution in [3.63, 3.8) is 0 Å². The van der Waals surface area contributed by atoms with Crippen molar-refractivity contribution in [2.75, 3.05) is 0 Å². The second-order valence-electron chi connectivity index (χ2n) is 4.83. The predicted molar refractivity (Wildman–Crippen MR) is 81.3 cm³/mol. The van der Waals surface area contributed by atoms with E-state index in [0.717, 1.165) is 12.1 Å². The number of carbonyl (C=O) groups is 1. The standard InChI is InChI=1S/C15H6Cl2F3NO3/c16-10-5-9-12(6-11(10)17)21(23)13(14(9)22)7-2-1-3-8(4-7)24-15(18,19)20/h1-6H. The molecule has 0 unspecified atom stereocenters. The van der Waals surface area contributed by atoms with E-state index in [9.17, 15) is 23.2 Å². The Labute approximate surface area is 143 Å². The molecular weight excluding hydrogens is 370 g/mol. The Bertz CT molecular complexity index is 894. The van der Waals surface area contributed by atoms with Gasteiger partial charge in [0.2, 0.25) is 5.69 Å². The van der Waals surface area contributed by atoms with Gasteiger partial charge in [0.05, 0.1) is 15.6 Å². The van der Waals surface area contributed by atoms with Crippen LogP contribution in [0.25, 0.3) is 0 Å². The van der Waals surface area contributed by atoms with Crippen molar-refractivity contribution in [1.29, 1.82) is 0 Å². The number of nitrogens with zero attached hydrogens (tertiary/aromatic N) is 1. The van der Waals surface area contributed by atoms with E-state index in [0.29, 0.717) is 4.74 Å². The van der Waals surface area contributed by atoms with Gasteiger partial charge >= 0.3 is 6.36 Å². The molecule has 9 heteroatoms. The molecule has 0 saturated heterocycles. The highest BCUT2D eigenvalue weighted by Gasteiger charge is 2.38. The van der Waals surface area contributed by atoms with Crippen LogP contribution in [0.15, 0.2) is 36.4 Å². The summed E-state index contributed by atoms with van der Waals surface area (Å²) < 4.78 is 41.0. The van der Waals surface area contributed by atoms with Crippen LogP contribution in [0.5, 0.6) is 5.75 Å². The van der Waals surface area contributed by atoms with Crippen molar-refractivity contribution in [3.05, 3.63) is 62.8 Å². The smallest absolute Gasteiger partial charge is 0.573 e. The number of Topliss-reactive ketones (excluding diaryl/α,β-unsaturated/α-hetero) is 1. The van der Waals surface area contributed by atoms with Crippen LogP contribution < -0.4 is 4.74 Å². The topological polar surface area (TPSA) is 52.4 Å². The summed E-state index contributed by atoms with van der Waals surface area (Å²) in [6.45, 7) is 0. The van der Waals surface area contributed by atoms with E-state index in [1.165, 1.54) is 24.3 Å². The van der Waals surface area contributed by atoms with Crippen molar-refractivity contribution in [2.24, 2.45) is 0 Å². The van der Waals surface area contributed by atoms with Gasteiger partial charge in [-0.2, -0.15) is 4.74 Å². The van der Waals surface area contributed by atoms with E-state index in [1.54, 1.807) is 0 Å². The van der Waals surface area contributed by atoms with Crippen molar-refractivity contribution in [1.82, 2.24) is 0 Å². The number of hydrogen-bond acceptors (Lipinski definition) is 3. The van der Waals surface area contributed by atoms with Crippen molar-refractivity contribution >= 4 is 40.4 Å². The lowest BCUT2D eigenvalue weighted by Gasteiger charge is -2.09.